The van der Waals surface area contributed by atoms with Crippen molar-refractivity contribution in [3.05, 3.63) is 29.3 Å². The lowest BCUT2D eigenvalue weighted by atomic mass is 10.0. The molecule has 1 heterocycles. The van der Waals surface area contributed by atoms with E-state index in [9.17, 15) is 10.0 Å². The first-order valence-electron chi connectivity index (χ1n) is 7.74. The Labute approximate surface area is 126 Å². The minimum absolute atomic E-state index is 0.271. The Kier molecular flexibility index (Phi) is 5.44. The molecule has 2 amide bonds. The molecular weight excluding hydrogens is 266 g/mol. The number of benzene rings is 1. The monoisotopic (exact) mass is 291 g/mol. The zero-order valence-electron chi connectivity index (χ0n) is 12.7. The van der Waals surface area contributed by atoms with Gasteiger partial charge in [-0.05, 0) is 56.2 Å². The maximum absolute atomic E-state index is 10.7. The summed E-state index contributed by atoms with van der Waals surface area (Å²) in [5.41, 5.74) is 9.02. The van der Waals surface area contributed by atoms with Gasteiger partial charge in [-0.15, -0.1) is 0 Å². The van der Waals surface area contributed by atoms with Crippen LogP contribution in [0.25, 0.3) is 0 Å². The van der Waals surface area contributed by atoms with Crippen LogP contribution in [0, 0.1) is 0 Å². The summed E-state index contributed by atoms with van der Waals surface area (Å²) in [5, 5.41) is 9.82. The summed E-state index contributed by atoms with van der Waals surface area (Å²) < 4.78 is 0. The van der Waals surface area contributed by atoms with Gasteiger partial charge in [0, 0.05) is 18.8 Å². The molecule has 5 nitrogen and oxygen atoms in total. The fourth-order valence-electron chi connectivity index (χ4n) is 2.91. The predicted octanol–water partition coefficient (Wildman–Crippen LogP) is 2.55. The fourth-order valence-corrected chi connectivity index (χ4v) is 2.91. The average molecular weight is 291 g/mol. The van der Waals surface area contributed by atoms with Crippen LogP contribution in [0.2, 0.25) is 0 Å². The number of amides is 2. The number of rotatable bonds is 5. The molecule has 0 bridgehead atoms. The van der Waals surface area contributed by atoms with E-state index in [1.165, 1.54) is 29.7 Å². The van der Waals surface area contributed by atoms with E-state index in [1.54, 1.807) is 0 Å². The van der Waals surface area contributed by atoms with Crippen LogP contribution in [0.15, 0.2) is 18.2 Å². The summed E-state index contributed by atoms with van der Waals surface area (Å²) in [7, 11) is 0. The predicted molar refractivity (Wildman–Crippen MR) is 83.7 cm³/mol. The number of anilines is 1. The molecule has 0 aliphatic carbocycles. The van der Waals surface area contributed by atoms with Gasteiger partial charge in [-0.1, -0.05) is 12.1 Å². The van der Waals surface area contributed by atoms with Crippen LogP contribution in [0.5, 0.6) is 0 Å². The van der Waals surface area contributed by atoms with E-state index >= 15 is 0 Å². The normalized spacial score (nSPS) is 14.5. The number of hydrogen-bond acceptors (Lipinski definition) is 3. The lowest BCUT2D eigenvalue weighted by molar-refractivity contribution is -0.0398. The van der Waals surface area contributed by atoms with Gasteiger partial charge in [0.1, 0.15) is 0 Å². The number of urea groups is 1. The molecule has 5 heteroatoms. The van der Waals surface area contributed by atoms with Gasteiger partial charge in [0.25, 0.3) is 0 Å². The quantitative estimate of drug-likeness (QED) is 0.647. The van der Waals surface area contributed by atoms with E-state index in [0.29, 0.717) is 11.5 Å². The zero-order valence-corrected chi connectivity index (χ0v) is 12.7. The molecule has 1 aromatic carbocycles. The molecule has 0 aromatic heterocycles. The molecule has 0 atom stereocenters. The summed E-state index contributed by atoms with van der Waals surface area (Å²) in [6, 6.07) is 5.84. The van der Waals surface area contributed by atoms with Crippen molar-refractivity contribution in [1.82, 2.24) is 5.06 Å². The first-order chi connectivity index (χ1) is 10.1. The van der Waals surface area contributed by atoms with Crippen molar-refractivity contribution in [2.24, 2.45) is 5.73 Å². The fraction of sp³-hybridized carbons (Fsp3) is 0.562. The number of primary amides is 1. The van der Waals surface area contributed by atoms with Crippen LogP contribution in [0.4, 0.5) is 10.5 Å². The first kappa shape index (κ1) is 15.6. The van der Waals surface area contributed by atoms with Crippen LogP contribution in [-0.4, -0.2) is 35.9 Å². The Hall–Kier alpha value is -1.75. The maximum Gasteiger partial charge on any atom is 0.338 e. The highest BCUT2D eigenvalue weighted by atomic mass is 16.5. The molecule has 3 N–H and O–H groups in total. The summed E-state index contributed by atoms with van der Waals surface area (Å²) in [6.07, 6.45) is 5.15. The van der Waals surface area contributed by atoms with Crippen LogP contribution in [0.1, 0.15) is 37.3 Å². The molecule has 0 spiro atoms. The second-order valence-electron chi connectivity index (χ2n) is 5.56. The van der Waals surface area contributed by atoms with Crippen molar-refractivity contribution >= 4 is 11.7 Å². The number of fused-ring (bicyclic) bond motifs is 1. The molecular formula is C16H25N3O2. The van der Waals surface area contributed by atoms with Crippen LogP contribution in [0.3, 0.4) is 0 Å². The van der Waals surface area contributed by atoms with Crippen molar-refractivity contribution in [3.63, 3.8) is 0 Å². The summed E-state index contributed by atoms with van der Waals surface area (Å²) in [5.74, 6) is 0. The van der Waals surface area contributed by atoms with Gasteiger partial charge in [-0.25, -0.2) is 9.86 Å². The first-order valence-corrected chi connectivity index (χ1v) is 7.74. The van der Waals surface area contributed by atoms with Crippen molar-refractivity contribution in [2.75, 3.05) is 24.5 Å². The number of aryl methyl sites for hydroxylation is 2. The number of carbonyl (C=O) groups excluding carboxylic acids is 1. The lowest BCUT2D eigenvalue weighted by Crippen LogP contribution is -2.33. The molecule has 1 aliphatic heterocycles. The molecule has 1 aliphatic rings. The van der Waals surface area contributed by atoms with Crippen molar-refractivity contribution in [3.8, 4) is 0 Å². The number of nitrogens with two attached hydrogens (primary N) is 1. The summed E-state index contributed by atoms with van der Waals surface area (Å²) >= 11 is 0. The molecule has 1 aromatic rings. The number of nitrogens with zero attached hydrogens (tertiary/aromatic N) is 2. The van der Waals surface area contributed by atoms with Gasteiger partial charge in [0.2, 0.25) is 0 Å². The smallest absolute Gasteiger partial charge is 0.338 e. The third-order valence-corrected chi connectivity index (χ3v) is 4.08. The van der Waals surface area contributed by atoms with Gasteiger partial charge in [0.15, 0.2) is 0 Å². The Morgan fingerprint density at radius 2 is 2.24 bits per heavy atom. The molecule has 0 fully saturated rings. The molecule has 0 saturated heterocycles. The molecule has 0 radical (unpaired) electrons. The number of carbonyl (C=O) groups is 1. The molecule has 21 heavy (non-hydrogen) atoms. The van der Waals surface area contributed by atoms with Crippen molar-refractivity contribution < 1.29 is 10.0 Å². The highest BCUT2D eigenvalue weighted by Crippen LogP contribution is 2.27. The molecule has 116 valence electrons. The van der Waals surface area contributed by atoms with E-state index in [1.807, 2.05) is 0 Å². The van der Waals surface area contributed by atoms with E-state index in [-0.39, 0.29) is 6.54 Å². The lowest BCUT2D eigenvalue weighted by Gasteiger charge is -2.23. The van der Waals surface area contributed by atoms with E-state index in [2.05, 4.69) is 30.0 Å². The Morgan fingerprint density at radius 3 is 2.95 bits per heavy atom. The third-order valence-electron chi connectivity index (χ3n) is 4.08. The van der Waals surface area contributed by atoms with Crippen molar-refractivity contribution in [2.45, 2.75) is 39.0 Å². The van der Waals surface area contributed by atoms with Gasteiger partial charge in [-0.3, -0.25) is 5.21 Å². The standard InChI is InChI=1S/C16H25N3O2/c1-2-18-10-4-3-7-14-12-13(8-9-15(14)18)6-5-11-19(21)16(17)20/h8-9,12,21H,2-7,10-11H2,1H3,(H2,17,20). The van der Waals surface area contributed by atoms with E-state index in [4.69, 9.17) is 5.73 Å². The van der Waals surface area contributed by atoms with Gasteiger partial charge in [0.05, 0.1) is 6.54 Å². The SMILES string of the molecule is CCN1CCCCc2cc(CCCN(O)C(N)=O)ccc21. The summed E-state index contributed by atoms with van der Waals surface area (Å²) in [4.78, 5) is 13.2. The second kappa shape index (κ2) is 7.31. The third kappa shape index (κ3) is 4.11. The molecule has 2 rings (SSSR count). The van der Waals surface area contributed by atoms with Crippen LogP contribution in [-0.2, 0) is 12.8 Å². The van der Waals surface area contributed by atoms with E-state index in [0.717, 1.165) is 25.9 Å². The van der Waals surface area contributed by atoms with Crippen LogP contribution >= 0.6 is 0 Å². The van der Waals surface area contributed by atoms with Gasteiger partial charge < -0.3 is 10.6 Å². The minimum atomic E-state index is -0.796. The number of hydroxylamine groups is 2. The Balaban J connectivity index is 2.00. The Morgan fingerprint density at radius 1 is 1.43 bits per heavy atom. The molecule has 0 unspecified atom stereocenters. The Bertz CT molecular complexity index is 490. The summed E-state index contributed by atoms with van der Waals surface area (Å²) in [6.45, 7) is 4.65. The van der Waals surface area contributed by atoms with Gasteiger partial charge >= 0.3 is 6.03 Å². The number of hydrogen-bond donors (Lipinski definition) is 2. The minimum Gasteiger partial charge on any atom is -0.372 e. The highest BCUT2D eigenvalue weighted by Gasteiger charge is 2.14. The zero-order chi connectivity index (χ0) is 15.2. The maximum atomic E-state index is 10.7. The highest BCUT2D eigenvalue weighted by molar-refractivity contribution is 5.70. The second-order valence-corrected chi connectivity index (χ2v) is 5.56. The topological polar surface area (TPSA) is 69.8 Å². The van der Waals surface area contributed by atoms with Gasteiger partial charge in [-0.2, -0.15) is 0 Å². The molecule has 0 saturated carbocycles. The average Bonchev–Trinajstić information content (AvgIpc) is 2.68. The van der Waals surface area contributed by atoms with Crippen molar-refractivity contribution in [1.29, 1.82) is 0 Å². The van der Waals surface area contributed by atoms with Crippen LogP contribution < -0.4 is 10.6 Å². The van der Waals surface area contributed by atoms with E-state index < -0.39 is 6.03 Å². The largest absolute Gasteiger partial charge is 0.372 e.